The molecule has 1 unspecified atom stereocenters. The Balaban J connectivity index is 2.32. The highest BCUT2D eigenvalue weighted by Crippen LogP contribution is 2.23. The van der Waals surface area contributed by atoms with Crippen LogP contribution in [0.5, 0.6) is 0 Å². The summed E-state index contributed by atoms with van der Waals surface area (Å²) in [4.78, 5) is 37.8. The van der Waals surface area contributed by atoms with Crippen LogP contribution in [-0.2, 0) is 17.9 Å². The van der Waals surface area contributed by atoms with Gasteiger partial charge >= 0.3 is 5.69 Å². The fraction of sp³-hybridized carbons (Fsp3) is 0.250. The maximum Gasteiger partial charge on any atom is 0.331 e. The van der Waals surface area contributed by atoms with Crippen LogP contribution in [0.3, 0.4) is 0 Å². The summed E-state index contributed by atoms with van der Waals surface area (Å²) in [7, 11) is 0. The first-order valence-electron chi connectivity index (χ1n) is 8.62. The normalized spacial score (nSPS) is 13.4. The van der Waals surface area contributed by atoms with Crippen molar-refractivity contribution < 1.29 is 14.3 Å². The Morgan fingerprint density at radius 2 is 1.72 bits per heavy atom. The van der Waals surface area contributed by atoms with Crippen LogP contribution < -0.4 is 11.2 Å². The fourth-order valence-electron chi connectivity index (χ4n) is 2.93. The number of benzene rings is 2. The minimum absolute atomic E-state index is 0.0974. The van der Waals surface area contributed by atoms with Gasteiger partial charge in [-0.1, -0.05) is 35.3 Å². The molecule has 0 aliphatic carbocycles. The van der Waals surface area contributed by atoms with Crippen molar-refractivity contribution in [2.24, 2.45) is 0 Å². The van der Waals surface area contributed by atoms with Crippen molar-refractivity contribution in [3.05, 3.63) is 78.7 Å². The number of ketones is 1. The largest absolute Gasteiger partial charge is 0.380 e. The summed E-state index contributed by atoms with van der Waals surface area (Å²) in [5, 5.41) is 10.5. The molecule has 0 spiro atoms. The number of aromatic nitrogens is 2. The lowest BCUT2D eigenvalue weighted by Crippen LogP contribution is -2.46. The van der Waals surface area contributed by atoms with E-state index in [1.165, 1.54) is 19.1 Å². The Hall–Kier alpha value is -2.48. The molecule has 2 aromatic carbocycles. The molecule has 0 aliphatic heterocycles. The van der Waals surface area contributed by atoms with Crippen molar-refractivity contribution in [3.63, 3.8) is 0 Å². The van der Waals surface area contributed by atoms with E-state index in [2.05, 4.69) is 0 Å². The molecular weight excluding hydrogens is 422 g/mol. The average molecular weight is 439 g/mol. The number of halogens is 3. The molecule has 0 saturated carbocycles. The Kier molecular flexibility index (Phi) is 5.67. The molecule has 0 saturated heterocycles. The highest BCUT2D eigenvalue weighted by Gasteiger charge is 2.30. The van der Waals surface area contributed by atoms with Crippen LogP contribution in [0, 0.1) is 5.82 Å². The zero-order valence-corrected chi connectivity index (χ0v) is 17.1. The van der Waals surface area contributed by atoms with Crippen LogP contribution in [0.25, 0.3) is 10.9 Å². The second-order valence-electron chi connectivity index (χ2n) is 6.97. The molecular formula is C20H17Cl2FN2O4. The maximum atomic E-state index is 14.8. The van der Waals surface area contributed by atoms with Crippen molar-refractivity contribution in [1.82, 2.24) is 9.13 Å². The SMILES string of the molecule is CC(=O)C(C)(O)Cn1c(=O)n(Cc2ccc(Cl)cc2)c(=O)c2ccc(Cl)c(F)c21. The molecule has 6 nitrogen and oxygen atoms in total. The van der Waals surface area contributed by atoms with Gasteiger partial charge in [0.2, 0.25) is 0 Å². The molecule has 9 heteroatoms. The number of aliphatic hydroxyl groups is 1. The van der Waals surface area contributed by atoms with Gasteiger partial charge in [-0.15, -0.1) is 0 Å². The molecule has 3 rings (SSSR count). The number of hydrogen-bond donors (Lipinski definition) is 1. The molecule has 0 radical (unpaired) electrons. The average Bonchev–Trinajstić information content (AvgIpc) is 2.66. The van der Waals surface area contributed by atoms with Gasteiger partial charge in [0.25, 0.3) is 5.56 Å². The number of Topliss-reactive ketones (excluding diaryl/α,β-unsaturated/α-hetero) is 1. The third kappa shape index (κ3) is 3.99. The molecule has 1 N–H and O–H groups in total. The highest BCUT2D eigenvalue weighted by atomic mass is 35.5. The van der Waals surface area contributed by atoms with Gasteiger partial charge in [0, 0.05) is 5.02 Å². The molecule has 0 amide bonds. The molecule has 0 bridgehead atoms. The molecule has 0 aliphatic rings. The summed E-state index contributed by atoms with van der Waals surface area (Å²) in [5.74, 6) is -1.59. The molecule has 1 atom stereocenters. The van der Waals surface area contributed by atoms with Crippen molar-refractivity contribution >= 4 is 39.9 Å². The zero-order chi connectivity index (χ0) is 21.5. The van der Waals surface area contributed by atoms with Gasteiger partial charge in [0.1, 0.15) is 5.60 Å². The summed E-state index contributed by atoms with van der Waals surface area (Å²) in [5.41, 5.74) is -3.28. The third-order valence-electron chi connectivity index (χ3n) is 4.75. The van der Waals surface area contributed by atoms with E-state index in [9.17, 15) is 23.9 Å². The van der Waals surface area contributed by atoms with Gasteiger partial charge in [-0.05, 0) is 43.7 Å². The van der Waals surface area contributed by atoms with Crippen molar-refractivity contribution in [2.45, 2.75) is 32.5 Å². The predicted octanol–water partition coefficient (Wildman–Crippen LogP) is 3.00. The summed E-state index contributed by atoms with van der Waals surface area (Å²) >= 11 is 11.7. The first kappa shape index (κ1) is 21.2. The van der Waals surface area contributed by atoms with E-state index in [-0.39, 0.29) is 22.5 Å². The van der Waals surface area contributed by atoms with Crippen molar-refractivity contribution in [3.8, 4) is 0 Å². The summed E-state index contributed by atoms with van der Waals surface area (Å²) in [6, 6.07) is 9.04. The standard InChI is InChI=1S/C20H17Cl2FN2O4/c1-11(26)20(2,29)10-25-17-14(7-8-15(22)16(17)23)18(27)24(19(25)28)9-12-3-5-13(21)6-4-12/h3-8,29H,9-10H2,1-2H3. The summed E-state index contributed by atoms with van der Waals surface area (Å²) in [6.07, 6.45) is 0. The van der Waals surface area contributed by atoms with Crippen molar-refractivity contribution in [2.75, 3.05) is 0 Å². The van der Waals surface area contributed by atoms with Crippen LogP contribution in [0.15, 0.2) is 46.0 Å². The number of hydrogen-bond acceptors (Lipinski definition) is 4. The van der Waals surface area contributed by atoms with E-state index in [1.807, 2.05) is 0 Å². The lowest BCUT2D eigenvalue weighted by atomic mass is 10.0. The number of rotatable bonds is 5. The van der Waals surface area contributed by atoms with Crippen LogP contribution in [0.2, 0.25) is 10.0 Å². The number of fused-ring (bicyclic) bond motifs is 1. The Bertz CT molecular complexity index is 1230. The first-order valence-corrected chi connectivity index (χ1v) is 9.37. The van der Waals surface area contributed by atoms with E-state index in [1.54, 1.807) is 24.3 Å². The third-order valence-corrected chi connectivity index (χ3v) is 5.30. The van der Waals surface area contributed by atoms with Gasteiger partial charge in [-0.3, -0.25) is 18.7 Å². The van der Waals surface area contributed by atoms with Gasteiger partial charge in [0.05, 0.1) is 29.0 Å². The molecule has 1 aromatic heterocycles. The molecule has 0 fully saturated rings. The van der Waals surface area contributed by atoms with Crippen LogP contribution >= 0.6 is 23.2 Å². The maximum absolute atomic E-state index is 14.8. The Labute approximate surface area is 174 Å². The van der Waals surface area contributed by atoms with E-state index in [0.29, 0.717) is 10.6 Å². The predicted molar refractivity (Wildman–Crippen MR) is 109 cm³/mol. The monoisotopic (exact) mass is 438 g/mol. The van der Waals surface area contributed by atoms with Gasteiger partial charge in [-0.25, -0.2) is 9.18 Å². The lowest BCUT2D eigenvalue weighted by Gasteiger charge is -2.23. The van der Waals surface area contributed by atoms with E-state index in [0.717, 1.165) is 16.1 Å². The number of carbonyl (C=O) groups excluding carboxylic acids is 1. The number of carbonyl (C=O) groups is 1. The topological polar surface area (TPSA) is 81.3 Å². The molecule has 3 aromatic rings. The number of nitrogens with zero attached hydrogens (tertiary/aromatic N) is 2. The van der Waals surface area contributed by atoms with Crippen LogP contribution in [0.1, 0.15) is 19.4 Å². The smallest absolute Gasteiger partial charge is 0.331 e. The highest BCUT2D eigenvalue weighted by molar-refractivity contribution is 6.31. The minimum Gasteiger partial charge on any atom is -0.380 e. The second-order valence-corrected chi connectivity index (χ2v) is 7.82. The summed E-state index contributed by atoms with van der Waals surface area (Å²) < 4.78 is 16.6. The zero-order valence-electron chi connectivity index (χ0n) is 15.6. The van der Waals surface area contributed by atoms with Gasteiger partial charge < -0.3 is 5.11 Å². The Morgan fingerprint density at radius 1 is 1.10 bits per heavy atom. The Morgan fingerprint density at radius 3 is 2.31 bits per heavy atom. The minimum atomic E-state index is -1.95. The van der Waals surface area contributed by atoms with Crippen LogP contribution in [0.4, 0.5) is 4.39 Å². The van der Waals surface area contributed by atoms with E-state index >= 15 is 0 Å². The van der Waals surface area contributed by atoms with Crippen LogP contribution in [-0.4, -0.2) is 25.6 Å². The summed E-state index contributed by atoms with van der Waals surface area (Å²) in [6.45, 7) is 1.72. The lowest BCUT2D eigenvalue weighted by molar-refractivity contribution is -0.134. The quantitative estimate of drug-likeness (QED) is 0.663. The first-order chi connectivity index (χ1) is 13.5. The van der Waals surface area contributed by atoms with E-state index in [4.69, 9.17) is 23.2 Å². The molecule has 1 heterocycles. The van der Waals surface area contributed by atoms with Gasteiger partial charge in [-0.2, -0.15) is 0 Å². The molecule has 152 valence electrons. The second kappa shape index (κ2) is 7.74. The fourth-order valence-corrected chi connectivity index (χ4v) is 3.21. The van der Waals surface area contributed by atoms with Crippen molar-refractivity contribution in [1.29, 1.82) is 0 Å². The van der Waals surface area contributed by atoms with E-state index < -0.39 is 35.0 Å². The molecule has 29 heavy (non-hydrogen) atoms. The van der Waals surface area contributed by atoms with Gasteiger partial charge in [0.15, 0.2) is 11.6 Å².